The summed E-state index contributed by atoms with van der Waals surface area (Å²) in [5, 5.41) is 0. The lowest BCUT2D eigenvalue weighted by molar-refractivity contribution is 0.0600. The number of hydrogen-bond donors (Lipinski definition) is 2. The van der Waals surface area contributed by atoms with Crippen molar-refractivity contribution in [3.63, 3.8) is 0 Å². The van der Waals surface area contributed by atoms with Gasteiger partial charge in [-0.25, -0.2) is 17.9 Å². The minimum absolute atomic E-state index is 0. The van der Waals surface area contributed by atoms with E-state index in [0.717, 1.165) is 12.8 Å². The van der Waals surface area contributed by atoms with Crippen LogP contribution in [0.2, 0.25) is 0 Å². The van der Waals surface area contributed by atoms with E-state index in [2.05, 4.69) is 9.46 Å². The van der Waals surface area contributed by atoms with Crippen molar-refractivity contribution in [1.82, 2.24) is 4.72 Å². The topological polar surface area (TPSA) is 98.5 Å². The second-order valence-electron chi connectivity index (χ2n) is 5.52. The van der Waals surface area contributed by atoms with E-state index in [1.165, 1.54) is 31.4 Å². The van der Waals surface area contributed by atoms with Gasteiger partial charge in [0, 0.05) is 12.1 Å². The van der Waals surface area contributed by atoms with E-state index in [-0.39, 0.29) is 35.3 Å². The summed E-state index contributed by atoms with van der Waals surface area (Å²) in [5.74, 6) is -0.308. The van der Waals surface area contributed by atoms with Crippen LogP contribution in [-0.4, -0.2) is 33.6 Å². The lowest BCUT2D eigenvalue weighted by atomic mass is 9.98. The summed E-state index contributed by atoms with van der Waals surface area (Å²) in [6, 6.07) is 5.77. The molecule has 0 spiro atoms. The van der Waals surface area contributed by atoms with Crippen LogP contribution in [0.3, 0.4) is 0 Å². The number of halogens is 1. The minimum atomic E-state index is -3.74. The molecule has 2 rings (SSSR count). The van der Waals surface area contributed by atoms with Crippen LogP contribution in [0.15, 0.2) is 29.2 Å². The van der Waals surface area contributed by atoms with Gasteiger partial charge in [-0.1, -0.05) is 6.07 Å². The molecule has 1 fully saturated rings. The van der Waals surface area contributed by atoms with Crippen LogP contribution in [0.5, 0.6) is 0 Å². The van der Waals surface area contributed by atoms with Crippen molar-refractivity contribution in [3.8, 4) is 0 Å². The Morgan fingerprint density at radius 1 is 1.45 bits per heavy atom. The van der Waals surface area contributed by atoms with Crippen molar-refractivity contribution in [1.29, 1.82) is 0 Å². The van der Waals surface area contributed by atoms with E-state index >= 15 is 0 Å². The molecule has 124 valence electrons. The number of nitrogens with two attached hydrogens (primary N) is 1. The molecule has 0 heterocycles. The van der Waals surface area contributed by atoms with Crippen LogP contribution in [-0.2, 0) is 14.8 Å². The molecule has 0 aromatic heterocycles. The third kappa shape index (κ3) is 3.98. The lowest BCUT2D eigenvalue weighted by Gasteiger charge is -2.29. The number of ether oxygens (including phenoxy) is 1. The highest BCUT2D eigenvalue weighted by molar-refractivity contribution is 7.89. The first-order chi connectivity index (χ1) is 9.82. The highest BCUT2D eigenvalue weighted by Crippen LogP contribution is 2.39. The summed E-state index contributed by atoms with van der Waals surface area (Å²) >= 11 is 0. The quantitative estimate of drug-likeness (QED) is 0.755. The molecule has 1 aliphatic rings. The van der Waals surface area contributed by atoms with Crippen LogP contribution in [0, 0.1) is 5.92 Å². The molecule has 0 amide bonds. The third-order valence-corrected chi connectivity index (χ3v) is 5.44. The molecule has 1 unspecified atom stereocenters. The molecular formula is C14H21ClN2O4S. The number of hydrogen-bond acceptors (Lipinski definition) is 5. The van der Waals surface area contributed by atoms with Crippen molar-refractivity contribution in [2.45, 2.75) is 30.2 Å². The number of benzene rings is 1. The van der Waals surface area contributed by atoms with Gasteiger partial charge in [0.2, 0.25) is 10.0 Å². The monoisotopic (exact) mass is 348 g/mol. The van der Waals surface area contributed by atoms with Gasteiger partial charge in [-0.15, -0.1) is 12.4 Å². The predicted molar refractivity (Wildman–Crippen MR) is 85.5 cm³/mol. The maximum atomic E-state index is 12.5. The Kier molecular flexibility index (Phi) is 5.97. The first kappa shape index (κ1) is 18.9. The highest BCUT2D eigenvalue weighted by atomic mass is 35.5. The van der Waals surface area contributed by atoms with Crippen molar-refractivity contribution >= 4 is 28.4 Å². The molecule has 0 bridgehead atoms. The van der Waals surface area contributed by atoms with Gasteiger partial charge < -0.3 is 10.5 Å². The fourth-order valence-electron chi connectivity index (χ4n) is 2.29. The molecule has 0 radical (unpaired) electrons. The Morgan fingerprint density at radius 2 is 2.09 bits per heavy atom. The summed E-state index contributed by atoms with van der Waals surface area (Å²) in [4.78, 5) is 11.5. The molecule has 6 nitrogen and oxygen atoms in total. The smallest absolute Gasteiger partial charge is 0.337 e. The van der Waals surface area contributed by atoms with Crippen molar-refractivity contribution in [2.75, 3.05) is 13.7 Å². The second-order valence-corrected chi connectivity index (χ2v) is 7.20. The Bertz CT molecular complexity index is 646. The van der Waals surface area contributed by atoms with E-state index in [4.69, 9.17) is 5.73 Å². The average Bonchev–Trinajstić information content (AvgIpc) is 3.31. The van der Waals surface area contributed by atoms with E-state index in [9.17, 15) is 13.2 Å². The molecule has 1 saturated carbocycles. The molecule has 1 aromatic rings. The standard InChI is InChI=1S/C14H20N2O4S.ClH/c1-14(9-15,11-6-7-11)16-21(18,19)12-5-3-4-10(8-12)13(17)20-2;/h3-5,8,11,16H,6-7,9,15H2,1-2H3;1H. The summed E-state index contributed by atoms with van der Waals surface area (Å²) in [6.07, 6.45) is 1.94. The van der Waals surface area contributed by atoms with Crippen LogP contribution in [0.1, 0.15) is 30.1 Å². The van der Waals surface area contributed by atoms with E-state index < -0.39 is 21.5 Å². The van der Waals surface area contributed by atoms with Crippen LogP contribution in [0.4, 0.5) is 0 Å². The van der Waals surface area contributed by atoms with Gasteiger partial charge >= 0.3 is 5.97 Å². The van der Waals surface area contributed by atoms with Crippen molar-refractivity contribution in [3.05, 3.63) is 29.8 Å². The van der Waals surface area contributed by atoms with Crippen molar-refractivity contribution < 1.29 is 17.9 Å². The number of nitrogens with one attached hydrogen (secondary N) is 1. The van der Waals surface area contributed by atoms with Gasteiger partial charge in [0.25, 0.3) is 0 Å². The van der Waals surface area contributed by atoms with E-state index in [0.29, 0.717) is 0 Å². The molecule has 3 N–H and O–H groups in total. The Balaban J connectivity index is 0.00000242. The first-order valence-electron chi connectivity index (χ1n) is 6.75. The Labute approximate surface area is 136 Å². The first-order valence-corrected chi connectivity index (χ1v) is 8.23. The number of rotatable bonds is 6. The summed E-state index contributed by atoms with van der Waals surface area (Å²) in [7, 11) is -2.49. The zero-order valence-corrected chi connectivity index (χ0v) is 14.2. The predicted octanol–water partition coefficient (Wildman–Crippen LogP) is 1.30. The number of methoxy groups -OCH3 is 1. The summed E-state index contributed by atoms with van der Waals surface area (Å²) < 4.78 is 32.2. The lowest BCUT2D eigenvalue weighted by Crippen LogP contribution is -2.52. The molecule has 1 atom stereocenters. The van der Waals surface area contributed by atoms with Crippen molar-refractivity contribution in [2.24, 2.45) is 11.7 Å². The maximum Gasteiger partial charge on any atom is 0.337 e. The van der Waals surface area contributed by atoms with Gasteiger partial charge in [0.1, 0.15) is 0 Å². The number of sulfonamides is 1. The van der Waals surface area contributed by atoms with Gasteiger partial charge in [0.15, 0.2) is 0 Å². The van der Waals surface area contributed by atoms with Gasteiger partial charge in [-0.2, -0.15) is 0 Å². The SMILES string of the molecule is COC(=O)c1cccc(S(=O)(=O)NC(C)(CN)C2CC2)c1.Cl. The normalized spacial score (nSPS) is 17.2. The third-order valence-electron chi connectivity index (χ3n) is 3.84. The van der Waals surface area contributed by atoms with Crippen LogP contribution < -0.4 is 10.5 Å². The number of esters is 1. The molecule has 8 heteroatoms. The van der Waals surface area contributed by atoms with Crippen LogP contribution >= 0.6 is 12.4 Å². The fourth-order valence-corrected chi connectivity index (χ4v) is 3.81. The van der Waals surface area contributed by atoms with Gasteiger partial charge in [0.05, 0.1) is 17.6 Å². The second kappa shape index (κ2) is 6.95. The molecular weight excluding hydrogens is 328 g/mol. The summed E-state index contributed by atoms with van der Waals surface area (Å²) in [6.45, 7) is 2.04. The Hall–Kier alpha value is -1.15. The zero-order valence-electron chi connectivity index (χ0n) is 12.5. The molecule has 1 aromatic carbocycles. The summed E-state index contributed by atoms with van der Waals surface area (Å²) in [5.41, 5.74) is 5.27. The van der Waals surface area contributed by atoms with Crippen LogP contribution in [0.25, 0.3) is 0 Å². The largest absolute Gasteiger partial charge is 0.465 e. The van der Waals surface area contributed by atoms with E-state index in [1.54, 1.807) is 0 Å². The number of carbonyl (C=O) groups excluding carboxylic acids is 1. The van der Waals surface area contributed by atoms with Gasteiger partial charge in [-0.05, 0) is 43.9 Å². The average molecular weight is 349 g/mol. The molecule has 1 aliphatic carbocycles. The number of carbonyl (C=O) groups is 1. The molecule has 22 heavy (non-hydrogen) atoms. The fraction of sp³-hybridized carbons (Fsp3) is 0.500. The maximum absolute atomic E-state index is 12.5. The minimum Gasteiger partial charge on any atom is -0.465 e. The Morgan fingerprint density at radius 3 is 2.59 bits per heavy atom. The zero-order chi connectivity index (χ0) is 15.7. The molecule has 0 aliphatic heterocycles. The van der Waals surface area contributed by atoms with Gasteiger partial charge in [-0.3, -0.25) is 0 Å². The highest BCUT2D eigenvalue weighted by Gasteiger charge is 2.43. The van der Waals surface area contributed by atoms with E-state index in [1.807, 2.05) is 6.92 Å². The molecule has 0 saturated heterocycles.